The van der Waals surface area contributed by atoms with Crippen molar-refractivity contribution in [3.8, 4) is 0 Å². The van der Waals surface area contributed by atoms with Crippen LogP contribution in [0.4, 0.5) is 0 Å². The summed E-state index contributed by atoms with van der Waals surface area (Å²) in [6.07, 6.45) is -0.394. The van der Waals surface area contributed by atoms with Gasteiger partial charge in [0.2, 0.25) is 0 Å². The van der Waals surface area contributed by atoms with Crippen LogP contribution in [-0.4, -0.2) is 36.7 Å². The Labute approximate surface area is 144 Å². The Kier molecular flexibility index (Phi) is 7.41. The number of benzene rings is 1. The van der Waals surface area contributed by atoms with Crippen LogP contribution in [0.2, 0.25) is 0 Å². The summed E-state index contributed by atoms with van der Waals surface area (Å²) in [7, 11) is 0. The summed E-state index contributed by atoms with van der Waals surface area (Å²) >= 11 is 1.51. The lowest BCUT2D eigenvalue weighted by Crippen LogP contribution is -2.41. The fraction of sp³-hybridized carbons (Fsp3) is 0.294. The summed E-state index contributed by atoms with van der Waals surface area (Å²) < 4.78 is 5.51. The first kappa shape index (κ1) is 18.1. The van der Waals surface area contributed by atoms with Crippen LogP contribution in [-0.2, 0) is 20.9 Å². The normalized spacial score (nSPS) is 11.7. The molecule has 0 bridgehead atoms. The van der Waals surface area contributed by atoms with Crippen LogP contribution < -0.4 is 10.6 Å². The Morgan fingerprint density at radius 3 is 2.54 bits per heavy atom. The quantitative estimate of drug-likeness (QED) is 0.626. The van der Waals surface area contributed by atoms with Crippen LogP contribution in [0.3, 0.4) is 0 Å². The minimum absolute atomic E-state index is 0.105. The van der Waals surface area contributed by atoms with Gasteiger partial charge in [0, 0.05) is 13.1 Å². The highest BCUT2D eigenvalue weighted by molar-refractivity contribution is 7.07. The van der Waals surface area contributed by atoms with Gasteiger partial charge in [-0.05, 0) is 28.0 Å². The van der Waals surface area contributed by atoms with E-state index in [2.05, 4.69) is 10.6 Å². The molecule has 0 radical (unpaired) electrons. The van der Waals surface area contributed by atoms with E-state index in [0.717, 1.165) is 11.1 Å². The maximum absolute atomic E-state index is 11.9. The van der Waals surface area contributed by atoms with Gasteiger partial charge in [-0.3, -0.25) is 9.59 Å². The first-order valence-corrected chi connectivity index (χ1v) is 8.49. The topological polar surface area (TPSA) is 87.7 Å². The van der Waals surface area contributed by atoms with E-state index in [0.29, 0.717) is 6.54 Å². The van der Waals surface area contributed by atoms with Crippen molar-refractivity contribution >= 4 is 23.2 Å². The lowest BCUT2D eigenvalue weighted by molar-refractivity contribution is -0.139. The molecule has 1 atom stereocenters. The van der Waals surface area contributed by atoms with Gasteiger partial charge in [-0.1, -0.05) is 30.3 Å². The maximum Gasteiger partial charge on any atom is 0.309 e. The molecule has 1 aromatic carbocycles. The predicted molar refractivity (Wildman–Crippen MR) is 91.4 cm³/mol. The largest absolute Gasteiger partial charge is 0.394 e. The second kappa shape index (κ2) is 9.82. The summed E-state index contributed by atoms with van der Waals surface area (Å²) in [5, 5.41) is 17.8. The molecule has 24 heavy (non-hydrogen) atoms. The van der Waals surface area contributed by atoms with E-state index >= 15 is 0 Å². The summed E-state index contributed by atoms with van der Waals surface area (Å²) in [4.78, 5) is 23.7. The van der Waals surface area contributed by atoms with Crippen LogP contribution in [0.1, 0.15) is 17.2 Å². The van der Waals surface area contributed by atoms with E-state index in [4.69, 9.17) is 9.84 Å². The van der Waals surface area contributed by atoms with Gasteiger partial charge in [0.05, 0.1) is 13.2 Å². The molecule has 2 rings (SSSR count). The molecular weight excluding hydrogens is 328 g/mol. The van der Waals surface area contributed by atoms with Crippen LogP contribution in [0.25, 0.3) is 0 Å². The zero-order chi connectivity index (χ0) is 17.2. The zero-order valence-corrected chi connectivity index (χ0v) is 13.9. The molecule has 2 aromatic rings. The molecule has 1 heterocycles. The number of nitrogens with one attached hydrogen (secondary N) is 2. The molecule has 2 amide bonds. The lowest BCUT2D eigenvalue weighted by atomic mass is 10.2. The molecule has 0 saturated carbocycles. The number of hydrogen-bond acceptors (Lipinski definition) is 5. The van der Waals surface area contributed by atoms with E-state index in [1.165, 1.54) is 11.3 Å². The van der Waals surface area contributed by atoms with Gasteiger partial charge in [0.25, 0.3) is 0 Å². The van der Waals surface area contributed by atoms with Crippen molar-refractivity contribution in [3.05, 3.63) is 58.3 Å². The van der Waals surface area contributed by atoms with Gasteiger partial charge >= 0.3 is 11.8 Å². The molecule has 6 nitrogen and oxygen atoms in total. The van der Waals surface area contributed by atoms with Gasteiger partial charge in [0.15, 0.2) is 0 Å². The van der Waals surface area contributed by atoms with Crippen LogP contribution in [0.5, 0.6) is 0 Å². The van der Waals surface area contributed by atoms with Crippen molar-refractivity contribution in [1.82, 2.24) is 10.6 Å². The Hall–Kier alpha value is -2.22. The van der Waals surface area contributed by atoms with Crippen molar-refractivity contribution in [2.24, 2.45) is 0 Å². The van der Waals surface area contributed by atoms with Crippen LogP contribution in [0, 0.1) is 0 Å². The van der Waals surface area contributed by atoms with E-state index in [9.17, 15) is 9.59 Å². The Bertz CT molecular complexity index is 631. The molecule has 0 fully saturated rings. The molecule has 0 spiro atoms. The summed E-state index contributed by atoms with van der Waals surface area (Å²) in [5.74, 6) is -1.40. The molecule has 0 aliphatic rings. The number of carbonyl (C=O) groups excluding carboxylic acids is 2. The Morgan fingerprint density at radius 1 is 1.12 bits per heavy atom. The van der Waals surface area contributed by atoms with Crippen molar-refractivity contribution in [3.63, 3.8) is 0 Å². The monoisotopic (exact) mass is 348 g/mol. The molecule has 1 aromatic heterocycles. The van der Waals surface area contributed by atoms with E-state index < -0.39 is 17.9 Å². The van der Waals surface area contributed by atoms with Gasteiger partial charge in [-0.2, -0.15) is 11.3 Å². The maximum atomic E-state index is 11.9. The number of rotatable bonds is 8. The fourth-order valence-corrected chi connectivity index (χ4v) is 2.75. The third-order valence-electron chi connectivity index (χ3n) is 3.28. The van der Waals surface area contributed by atoms with E-state index in [1.807, 2.05) is 47.2 Å². The number of aliphatic hydroxyl groups excluding tert-OH is 1. The fourth-order valence-electron chi connectivity index (χ4n) is 2.05. The van der Waals surface area contributed by atoms with Crippen LogP contribution in [0.15, 0.2) is 47.2 Å². The van der Waals surface area contributed by atoms with E-state index in [-0.39, 0.29) is 19.8 Å². The second-order valence-corrected chi connectivity index (χ2v) is 5.80. The Morgan fingerprint density at radius 2 is 1.88 bits per heavy atom. The van der Waals surface area contributed by atoms with Crippen molar-refractivity contribution in [2.75, 3.05) is 19.8 Å². The smallest absolute Gasteiger partial charge is 0.309 e. The molecular formula is C17H20N2O4S. The number of hydrogen-bond donors (Lipinski definition) is 3. The minimum atomic E-state index is -0.709. The lowest BCUT2D eigenvalue weighted by Gasteiger charge is -2.17. The molecule has 0 saturated heterocycles. The number of aliphatic hydroxyl groups is 1. The highest BCUT2D eigenvalue weighted by Gasteiger charge is 2.17. The first-order valence-electron chi connectivity index (χ1n) is 7.55. The minimum Gasteiger partial charge on any atom is -0.394 e. The SMILES string of the molecule is O=C(NCc1ccccc1)C(=O)NCC(OCCO)c1ccsc1. The molecule has 1 unspecified atom stereocenters. The first-order chi connectivity index (χ1) is 11.7. The highest BCUT2D eigenvalue weighted by atomic mass is 32.1. The number of carbonyl (C=O) groups is 2. The standard InChI is InChI=1S/C17H20N2O4S/c20-7-8-23-15(14-6-9-24-12-14)11-19-17(22)16(21)18-10-13-4-2-1-3-5-13/h1-6,9,12,15,20H,7-8,10-11H2,(H,18,21)(H,19,22). The number of thiophene rings is 1. The van der Waals surface area contributed by atoms with Crippen molar-refractivity contribution in [2.45, 2.75) is 12.6 Å². The van der Waals surface area contributed by atoms with Gasteiger partial charge in [0.1, 0.15) is 6.10 Å². The second-order valence-electron chi connectivity index (χ2n) is 5.02. The van der Waals surface area contributed by atoms with Crippen molar-refractivity contribution < 1.29 is 19.4 Å². The summed E-state index contributed by atoms with van der Waals surface area (Å²) in [6, 6.07) is 11.2. The molecule has 3 N–H and O–H groups in total. The summed E-state index contributed by atoms with van der Waals surface area (Å²) in [6.45, 7) is 0.513. The number of amides is 2. The van der Waals surface area contributed by atoms with Gasteiger partial charge < -0.3 is 20.5 Å². The van der Waals surface area contributed by atoms with Gasteiger partial charge in [-0.25, -0.2) is 0 Å². The molecule has 0 aliphatic heterocycles. The average molecular weight is 348 g/mol. The molecule has 7 heteroatoms. The Balaban J connectivity index is 1.80. The zero-order valence-electron chi connectivity index (χ0n) is 13.1. The third-order valence-corrected chi connectivity index (χ3v) is 3.98. The highest BCUT2D eigenvalue weighted by Crippen LogP contribution is 2.19. The summed E-state index contributed by atoms with van der Waals surface area (Å²) in [5.41, 5.74) is 1.82. The molecule has 0 aliphatic carbocycles. The molecule has 128 valence electrons. The van der Waals surface area contributed by atoms with Gasteiger partial charge in [-0.15, -0.1) is 0 Å². The number of ether oxygens (including phenoxy) is 1. The predicted octanol–water partition coefficient (Wildman–Crippen LogP) is 1.23. The average Bonchev–Trinajstić information content (AvgIpc) is 3.15. The van der Waals surface area contributed by atoms with Crippen molar-refractivity contribution in [1.29, 1.82) is 0 Å². The third kappa shape index (κ3) is 5.77. The van der Waals surface area contributed by atoms with Crippen LogP contribution >= 0.6 is 11.3 Å². The van der Waals surface area contributed by atoms with E-state index in [1.54, 1.807) is 0 Å².